The lowest BCUT2D eigenvalue weighted by Gasteiger charge is -2.20. The van der Waals surface area contributed by atoms with E-state index >= 15 is 0 Å². The number of ether oxygens (including phenoxy) is 1. The monoisotopic (exact) mass is 211 g/mol. The molecule has 0 saturated heterocycles. The second-order valence-electron chi connectivity index (χ2n) is 3.01. The van der Waals surface area contributed by atoms with Gasteiger partial charge in [0.05, 0.1) is 7.11 Å². The number of nitrogens with one attached hydrogen (secondary N) is 1. The highest BCUT2D eigenvalue weighted by Gasteiger charge is 2.19. The average molecular weight is 212 g/mol. The van der Waals surface area contributed by atoms with Crippen LogP contribution < -0.4 is 10.1 Å². The lowest BCUT2D eigenvalue weighted by molar-refractivity contribution is 0.413. The van der Waals surface area contributed by atoms with Crippen LogP contribution >= 0.6 is 11.6 Å². The fourth-order valence-electron chi connectivity index (χ4n) is 1.42. The number of hydrogen-bond acceptors (Lipinski definition) is 3. The van der Waals surface area contributed by atoms with Gasteiger partial charge in [0.15, 0.2) is 0 Å². The van der Waals surface area contributed by atoms with E-state index in [2.05, 4.69) is 5.32 Å². The predicted molar refractivity (Wildman–Crippen MR) is 55.3 cm³/mol. The molecule has 1 unspecified atom stereocenters. The smallest absolute Gasteiger partial charge is 0.138 e. The van der Waals surface area contributed by atoms with Crippen molar-refractivity contribution < 1.29 is 9.84 Å². The van der Waals surface area contributed by atoms with Crippen molar-refractivity contribution in [3.63, 3.8) is 0 Å². The molecule has 0 aliphatic carbocycles. The summed E-state index contributed by atoms with van der Waals surface area (Å²) in [6.45, 7) is 0. The number of benzene rings is 1. The van der Waals surface area contributed by atoms with Gasteiger partial charge in [-0.2, -0.15) is 0 Å². The zero-order valence-corrected chi connectivity index (χ0v) is 8.38. The first-order valence-corrected chi connectivity index (χ1v) is 4.63. The Bertz CT molecular complexity index is 390. The number of methoxy groups -OCH3 is 1. The van der Waals surface area contributed by atoms with Crippen molar-refractivity contribution >= 4 is 17.4 Å². The fraction of sp³-hybridized carbons (Fsp3) is 0.200. The number of alkyl halides is 1. The van der Waals surface area contributed by atoms with E-state index in [4.69, 9.17) is 16.3 Å². The highest BCUT2D eigenvalue weighted by Crippen LogP contribution is 2.32. The highest BCUT2D eigenvalue weighted by atomic mass is 35.5. The lowest BCUT2D eigenvalue weighted by atomic mass is 10.0. The van der Waals surface area contributed by atoms with E-state index in [1.54, 1.807) is 13.2 Å². The van der Waals surface area contributed by atoms with Gasteiger partial charge in [-0.15, -0.1) is 0 Å². The van der Waals surface area contributed by atoms with Gasteiger partial charge in [0, 0.05) is 17.3 Å². The third kappa shape index (κ3) is 1.40. The Labute approximate surface area is 87.0 Å². The molecule has 0 bridgehead atoms. The van der Waals surface area contributed by atoms with Crippen LogP contribution in [-0.4, -0.2) is 12.2 Å². The molecule has 1 aromatic rings. The molecule has 0 aromatic heterocycles. The van der Waals surface area contributed by atoms with Gasteiger partial charge in [-0.3, -0.25) is 0 Å². The van der Waals surface area contributed by atoms with E-state index in [1.165, 1.54) is 6.20 Å². The zero-order valence-electron chi connectivity index (χ0n) is 7.62. The van der Waals surface area contributed by atoms with E-state index in [-0.39, 0.29) is 11.3 Å². The highest BCUT2D eigenvalue weighted by molar-refractivity contribution is 6.21. The molecule has 4 heteroatoms. The summed E-state index contributed by atoms with van der Waals surface area (Å²) in [4.78, 5) is 0. The number of rotatable bonds is 1. The van der Waals surface area contributed by atoms with Crippen molar-refractivity contribution in [2.75, 3.05) is 7.11 Å². The molecule has 0 radical (unpaired) electrons. The first kappa shape index (κ1) is 9.21. The molecule has 0 saturated carbocycles. The molecule has 2 rings (SSSR count). The maximum atomic E-state index is 9.58. The summed E-state index contributed by atoms with van der Waals surface area (Å²) in [5, 5.41) is 12.4. The molecule has 74 valence electrons. The first-order valence-electron chi connectivity index (χ1n) is 4.20. The van der Waals surface area contributed by atoms with Crippen LogP contribution in [0.15, 0.2) is 24.4 Å². The normalized spacial score (nSPS) is 19.3. The maximum Gasteiger partial charge on any atom is 0.138 e. The Hall–Kier alpha value is -1.35. The molecule has 0 spiro atoms. The quantitative estimate of drug-likeness (QED) is 0.554. The number of hydrogen-bond donors (Lipinski definition) is 2. The minimum atomic E-state index is -0.299. The Kier molecular flexibility index (Phi) is 2.25. The molecule has 0 fully saturated rings. The van der Waals surface area contributed by atoms with Crippen molar-refractivity contribution in [1.82, 2.24) is 5.32 Å². The summed E-state index contributed by atoms with van der Waals surface area (Å²) in [7, 11) is 1.59. The third-order valence-corrected chi connectivity index (χ3v) is 2.54. The number of halogens is 1. The molecule has 14 heavy (non-hydrogen) atoms. The van der Waals surface area contributed by atoms with E-state index in [1.807, 2.05) is 12.1 Å². The van der Waals surface area contributed by atoms with E-state index in [9.17, 15) is 5.11 Å². The van der Waals surface area contributed by atoms with Crippen LogP contribution in [0.5, 0.6) is 5.75 Å². The van der Waals surface area contributed by atoms with Crippen LogP contribution in [0.4, 0.5) is 0 Å². The van der Waals surface area contributed by atoms with Crippen LogP contribution in [-0.2, 0) is 0 Å². The van der Waals surface area contributed by atoms with Crippen LogP contribution in [0.2, 0.25) is 0 Å². The number of aliphatic hydroxyl groups excluding tert-OH is 1. The number of fused-ring (bicyclic) bond motifs is 1. The second-order valence-corrected chi connectivity index (χ2v) is 3.45. The zero-order chi connectivity index (χ0) is 10.1. The summed E-state index contributed by atoms with van der Waals surface area (Å²) in [6.07, 6.45) is 1.49. The van der Waals surface area contributed by atoms with Crippen molar-refractivity contribution in [3.8, 4) is 5.75 Å². The SMILES string of the molecule is COc1ccc2c(c1)C(O)=CNC2Cl. The fourth-order valence-corrected chi connectivity index (χ4v) is 1.68. The summed E-state index contributed by atoms with van der Waals surface area (Å²) in [5.74, 6) is 0.880. The number of aliphatic hydroxyl groups is 1. The van der Waals surface area contributed by atoms with Crippen molar-refractivity contribution in [3.05, 3.63) is 35.5 Å². The van der Waals surface area contributed by atoms with Gasteiger partial charge < -0.3 is 15.2 Å². The molecule has 2 N–H and O–H groups in total. The molecular weight excluding hydrogens is 202 g/mol. The molecule has 1 heterocycles. The predicted octanol–water partition coefficient (Wildman–Crippen LogP) is 2.39. The Morgan fingerprint density at radius 3 is 3.00 bits per heavy atom. The molecule has 1 aromatic carbocycles. The largest absolute Gasteiger partial charge is 0.506 e. The van der Waals surface area contributed by atoms with Crippen LogP contribution in [0.25, 0.3) is 5.76 Å². The first-order chi connectivity index (χ1) is 6.72. The van der Waals surface area contributed by atoms with Gasteiger partial charge in [0.2, 0.25) is 0 Å². The molecule has 1 atom stereocenters. The molecular formula is C10H10ClNO2. The van der Waals surface area contributed by atoms with E-state index < -0.39 is 0 Å². The molecule has 1 aliphatic heterocycles. The summed E-state index contributed by atoms with van der Waals surface area (Å²) < 4.78 is 5.06. The maximum absolute atomic E-state index is 9.58. The van der Waals surface area contributed by atoms with Gasteiger partial charge in [0.1, 0.15) is 17.0 Å². The van der Waals surface area contributed by atoms with Gasteiger partial charge in [-0.25, -0.2) is 0 Å². The van der Waals surface area contributed by atoms with Gasteiger partial charge in [-0.05, 0) is 12.1 Å². The minimum absolute atomic E-state index is 0.177. The van der Waals surface area contributed by atoms with E-state index in [0.29, 0.717) is 11.3 Å². The van der Waals surface area contributed by atoms with Gasteiger partial charge in [-0.1, -0.05) is 17.7 Å². The van der Waals surface area contributed by atoms with Crippen LogP contribution in [0.1, 0.15) is 16.6 Å². The Balaban J connectivity index is 2.53. The summed E-state index contributed by atoms with van der Waals surface area (Å²) in [5.41, 5.74) is 1.27. The van der Waals surface area contributed by atoms with Crippen molar-refractivity contribution in [1.29, 1.82) is 0 Å². The molecule has 0 amide bonds. The van der Waals surface area contributed by atoms with Crippen molar-refractivity contribution in [2.24, 2.45) is 0 Å². The van der Waals surface area contributed by atoms with Crippen LogP contribution in [0.3, 0.4) is 0 Å². The minimum Gasteiger partial charge on any atom is -0.506 e. The third-order valence-electron chi connectivity index (χ3n) is 2.18. The van der Waals surface area contributed by atoms with Crippen molar-refractivity contribution in [2.45, 2.75) is 5.50 Å². The average Bonchev–Trinajstić information content (AvgIpc) is 2.23. The summed E-state index contributed by atoms with van der Waals surface area (Å²) >= 11 is 6.00. The van der Waals surface area contributed by atoms with Gasteiger partial charge >= 0.3 is 0 Å². The van der Waals surface area contributed by atoms with Crippen LogP contribution in [0, 0.1) is 0 Å². The second kappa shape index (κ2) is 3.42. The lowest BCUT2D eigenvalue weighted by Crippen LogP contribution is -2.16. The Morgan fingerprint density at radius 2 is 2.29 bits per heavy atom. The standard InChI is InChI=1S/C10H10ClNO2/c1-14-6-2-3-7-8(4-6)9(13)5-12-10(7)11/h2-5,10,12-13H,1H3. The Morgan fingerprint density at radius 1 is 1.50 bits per heavy atom. The molecule has 3 nitrogen and oxygen atoms in total. The van der Waals surface area contributed by atoms with E-state index in [0.717, 1.165) is 5.56 Å². The summed E-state index contributed by atoms with van der Waals surface area (Å²) in [6, 6.07) is 5.41. The van der Waals surface area contributed by atoms with Gasteiger partial charge in [0.25, 0.3) is 0 Å². The molecule has 1 aliphatic rings. The topological polar surface area (TPSA) is 41.5 Å².